The number of hydrogen-bond acceptors (Lipinski definition) is 4. The van der Waals surface area contributed by atoms with Crippen LogP contribution in [-0.4, -0.2) is 60.1 Å². The fourth-order valence-electron chi connectivity index (χ4n) is 2.98. The molecule has 3 rings (SSSR count). The smallest absolute Gasteiger partial charge is 0.0271 e. The number of nitrogens with one attached hydrogen (secondary N) is 1. The molecule has 0 radical (unpaired) electrons. The Morgan fingerprint density at radius 3 is 2.53 bits per heavy atom. The molecule has 0 aromatic carbocycles. The molecular weight excluding hydrogens is 260 g/mol. The zero-order chi connectivity index (χ0) is 12.2. The van der Waals surface area contributed by atoms with E-state index in [1.54, 1.807) is 0 Å². The molecule has 5 heteroatoms. The van der Waals surface area contributed by atoms with Crippen LogP contribution in [0.15, 0.2) is 24.5 Å². The maximum Gasteiger partial charge on any atom is 0.0271 e. The largest absolute Gasteiger partial charge is 0.315 e. The number of halogens is 1. The van der Waals surface area contributed by atoms with E-state index in [0.29, 0.717) is 0 Å². The van der Waals surface area contributed by atoms with E-state index in [1.165, 1.54) is 51.3 Å². The minimum absolute atomic E-state index is 0. The molecular formula is C14H23ClN4. The summed E-state index contributed by atoms with van der Waals surface area (Å²) in [5, 5.41) is 3.46. The molecule has 0 spiro atoms. The molecule has 1 atom stereocenters. The first-order valence-corrected chi connectivity index (χ1v) is 6.98. The van der Waals surface area contributed by atoms with E-state index in [2.05, 4.69) is 32.2 Å². The first kappa shape index (κ1) is 14.7. The van der Waals surface area contributed by atoms with Gasteiger partial charge in [0.15, 0.2) is 0 Å². The molecule has 1 unspecified atom stereocenters. The fraction of sp³-hybridized carbons (Fsp3) is 0.643. The summed E-state index contributed by atoms with van der Waals surface area (Å²) in [6.45, 7) is 8.28. The molecule has 0 aliphatic carbocycles. The quantitative estimate of drug-likeness (QED) is 0.896. The molecule has 0 saturated carbocycles. The zero-order valence-corrected chi connectivity index (χ0v) is 12.1. The average Bonchev–Trinajstić information content (AvgIpc) is 2.95. The molecule has 2 aliphatic rings. The molecule has 2 aliphatic heterocycles. The first-order chi connectivity index (χ1) is 8.92. The molecule has 2 saturated heterocycles. The van der Waals surface area contributed by atoms with Gasteiger partial charge in [-0.2, -0.15) is 0 Å². The number of piperazine rings is 1. The highest BCUT2D eigenvalue weighted by atomic mass is 35.5. The van der Waals surface area contributed by atoms with Gasteiger partial charge in [-0.1, -0.05) is 0 Å². The standard InChI is InChI=1S/C14H22N4.ClH/c1-4-15-5-2-13(1)12-17-7-9-18(10-8-17)14-3-6-16-11-14;/h1-2,4-5,14,16H,3,6-12H2;1H. The van der Waals surface area contributed by atoms with Gasteiger partial charge in [-0.25, -0.2) is 0 Å². The summed E-state index contributed by atoms with van der Waals surface area (Å²) in [7, 11) is 0. The normalized spacial score (nSPS) is 25.2. The van der Waals surface area contributed by atoms with E-state index < -0.39 is 0 Å². The lowest BCUT2D eigenvalue weighted by Crippen LogP contribution is -2.50. The third kappa shape index (κ3) is 3.89. The van der Waals surface area contributed by atoms with Crippen molar-refractivity contribution in [3.63, 3.8) is 0 Å². The van der Waals surface area contributed by atoms with Gasteiger partial charge in [0.1, 0.15) is 0 Å². The Hall–Kier alpha value is -0.680. The van der Waals surface area contributed by atoms with Crippen LogP contribution in [0.2, 0.25) is 0 Å². The van der Waals surface area contributed by atoms with Gasteiger partial charge in [0, 0.05) is 57.7 Å². The Bertz CT molecular complexity index is 359. The van der Waals surface area contributed by atoms with Crippen LogP contribution < -0.4 is 5.32 Å². The van der Waals surface area contributed by atoms with Gasteiger partial charge in [0.05, 0.1) is 0 Å². The molecule has 4 nitrogen and oxygen atoms in total. The summed E-state index contributed by atoms with van der Waals surface area (Å²) in [4.78, 5) is 9.27. The van der Waals surface area contributed by atoms with E-state index in [-0.39, 0.29) is 12.4 Å². The molecule has 19 heavy (non-hydrogen) atoms. The van der Waals surface area contributed by atoms with Crippen LogP contribution in [-0.2, 0) is 6.54 Å². The molecule has 0 amide bonds. The third-order valence-electron chi connectivity index (χ3n) is 4.11. The van der Waals surface area contributed by atoms with Crippen molar-refractivity contribution >= 4 is 12.4 Å². The average molecular weight is 283 g/mol. The number of pyridine rings is 1. The molecule has 0 bridgehead atoms. The summed E-state index contributed by atoms with van der Waals surface area (Å²) in [6, 6.07) is 5.02. The van der Waals surface area contributed by atoms with Crippen molar-refractivity contribution in [3.05, 3.63) is 30.1 Å². The van der Waals surface area contributed by atoms with Crippen molar-refractivity contribution in [2.24, 2.45) is 0 Å². The van der Waals surface area contributed by atoms with Gasteiger partial charge in [0.2, 0.25) is 0 Å². The van der Waals surface area contributed by atoms with E-state index >= 15 is 0 Å². The van der Waals surface area contributed by atoms with Crippen LogP contribution in [0, 0.1) is 0 Å². The molecule has 2 fully saturated rings. The highest BCUT2D eigenvalue weighted by molar-refractivity contribution is 5.85. The second-order valence-electron chi connectivity index (χ2n) is 5.31. The highest BCUT2D eigenvalue weighted by Gasteiger charge is 2.25. The van der Waals surface area contributed by atoms with Gasteiger partial charge in [-0.05, 0) is 30.7 Å². The number of rotatable bonds is 3. The van der Waals surface area contributed by atoms with Crippen LogP contribution >= 0.6 is 12.4 Å². The van der Waals surface area contributed by atoms with Crippen LogP contribution in [0.5, 0.6) is 0 Å². The van der Waals surface area contributed by atoms with E-state index in [4.69, 9.17) is 0 Å². The van der Waals surface area contributed by atoms with Gasteiger partial charge >= 0.3 is 0 Å². The van der Waals surface area contributed by atoms with Crippen molar-refractivity contribution in [1.29, 1.82) is 0 Å². The van der Waals surface area contributed by atoms with E-state index in [1.807, 2.05) is 12.4 Å². The Labute approximate surface area is 121 Å². The second-order valence-corrected chi connectivity index (χ2v) is 5.31. The zero-order valence-electron chi connectivity index (χ0n) is 11.3. The van der Waals surface area contributed by atoms with Crippen LogP contribution in [0.3, 0.4) is 0 Å². The minimum atomic E-state index is 0. The highest BCUT2D eigenvalue weighted by Crippen LogP contribution is 2.13. The van der Waals surface area contributed by atoms with Crippen LogP contribution in [0.25, 0.3) is 0 Å². The Morgan fingerprint density at radius 2 is 1.89 bits per heavy atom. The monoisotopic (exact) mass is 282 g/mol. The molecule has 1 aromatic rings. The van der Waals surface area contributed by atoms with Crippen LogP contribution in [0.4, 0.5) is 0 Å². The lowest BCUT2D eigenvalue weighted by atomic mass is 10.1. The molecule has 1 N–H and O–H groups in total. The van der Waals surface area contributed by atoms with Gasteiger partial charge < -0.3 is 5.32 Å². The molecule has 1 aromatic heterocycles. The lowest BCUT2D eigenvalue weighted by molar-refractivity contribution is 0.0981. The Balaban J connectivity index is 0.00000133. The predicted octanol–water partition coefficient (Wildman–Crippen LogP) is 0.983. The second kappa shape index (κ2) is 7.20. The summed E-state index contributed by atoms with van der Waals surface area (Å²) < 4.78 is 0. The first-order valence-electron chi connectivity index (χ1n) is 6.98. The Morgan fingerprint density at radius 1 is 1.16 bits per heavy atom. The lowest BCUT2D eigenvalue weighted by Gasteiger charge is -2.37. The third-order valence-corrected chi connectivity index (χ3v) is 4.11. The maximum atomic E-state index is 4.07. The molecule has 3 heterocycles. The van der Waals surface area contributed by atoms with Crippen molar-refractivity contribution in [2.45, 2.75) is 19.0 Å². The Kier molecular flexibility index (Phi) is 5.58. The topological polar surface area (TPSA) is 31.4 Å². The van der Waals surface area contributed by atoms with Crippen molar-refractivity contribution < 1.29 is 0 Å². The predicted molar refractivity (Wildman–Crippen MR) is 79.6 cm³/mol. The fourth-order valence-corrected chi connectivity index (χ4v) is 2.98. The van der Waals surface area contributed by atoms with E-state index in [0.717, 1.165) is 12.6 Å². The van der Waals surface area contributed by atoms with Crippen molar-refractivity contribution in [1.82, 2.24) is 20.1 Å². The van der Waals surface area contributed by atoms with Gasteiger partial charge in [-0.3, -0.25) is 14.8 Å². The number of aromatic nitrogens is 1. The maximum absolute atomic E-state index is 4.07. The van der Waals surface area contributed by atoms with Crippen molar-refractivity contribution in [3.8, 4) is 0 Å². The SMILES string of the molecule is Cl.c1cc(CN2CCN(C3CCNC3)CC2)ccn1. The number of hydrogen-bond donors (Lipinski definition) is 1. The summed E-state index contributed by atoms with van der Waals surface area (Å²) in [5.41, 5.74) is 1.38. The number of nitrogens with zero attached hydrogens (tertiary/aromatic N) is 3. The minimum Gasteiger partial charge on any atom is -0.315 e. The van der Waals surface area contributed by atoms with Crippen molar-refractivity contribution in [2.75, 3.05) is 39.3 Å². The van der Waals surface area contributed by atoms with Gasteiger partial charge in [-0.15, -0.1) is 12.4 Å². The van der Waals surface area contributed by atoms with Crippen LogP contribution in [0.1, 0.15) is 12.0 Å². The molecule has 106 valence electrons. The van der Waals surface area contributed by atoms with E-state index in [9.17, 15) is 0 Å². The van der Waals surface area contributed by atoms with Gasteiger partial charge in [0.25, 0.3) is 0 Å². The summed E-state index contributed by atoms with van der Waals surface area (Å²) in [6.07, 6.45) is 5.09. The summed E-state index contributed by atoms with van der Waals surface area (Å²) in [5.74, 6) is 0. The summed E-state index contributed by atoms with van der Waals surface area (Å²) >= 11 is 0.